The molecule has 2 aliphatic rings. The number of hydrogen-bond acceptors (Lipinski definition) is 12. The van der Waals surface area contributed by atoms with E-state index in [4.69, 9.17) is 28.7 Å². The number of pyridine rings is 2. The fourth-order valence-corrected chi connectivity index (χ4v) is 7.20. The van der Waals surface area contributed by atoms with Crippen LogP contribution in [-0.4, -0.2) is 102 Å². The van der Waals surface area contributed by atoms with Gasteiger partial charge in [0.25, 0.3) is 0 Å². The van der Waals surface area contributed by atoms with Crippen molar-refractivity contribution in [2.24, 2.45) is 5.92 Å². The minimum atomic E-state index is -0.983. The van der Waals surface area contributed by atoms with Crippen molar-refractivity contribution in [2.45, 2.75) is 77.1 Å². The monoisotopic (exact) mass is 766 g/mol. The lowest BCUT2D eigenvalue weighted by atomic mass is 9.94. The Balaban J connectivity index is 1.38. The Hall–Kier alpha value is -5.17. The third-order valence-electron chi connectivity index (χ3n) is 9.81. The lowest BCUT2D eigenvalue weighted by molar-refractivity contribution is -0.245. The number of esters is 3. The van der Waals surface area contributed by atoms with Gasteiger partial charge in [-0.05, 0) is 80.2 Å². The molecular weight excluding hydrogens is 713 g/mol. The molecule has 0 bridgehead atoms. The summed E-state index contributed by atoms with van der Waals surface area (Å²) in [6.07, 6.45) is 13.1. The Morgan fingerprint density at radius 1 is 0.857 bits per heavy atom. The van der Waals surface area contributed by atoms with Gasteiger partial charge in [0.05, 0.1) is 18.2 Å². The first-order valence-corrected chi connectivity index (χ1v) is 19.3. The maximum atomic E-state index is 12.0. The summed E-state index contributed by atoms with van der Waals surface area (Å²) in [6.45, 7) is 11.8. The number of allylic oxidation sites excluding steroid dienone is 4. The zero-order valence-electron chi connectivity index (χ0n) is 32.6. The highest BCUT2D eigenvalue weighted by Crippen LogP contribution is 2.33. The summed E-state index contributed by atoms with van der Waals surface area (Å²) in [5.41, 5.74) is 3.12. The van der Waals surface area contributed by atoms with E-state index in [1.165, 1.54) is 20.8 Å². The normalized spacial score (nSPS) is 23.0. The van der Waals surface area contributed by atoms with Crippen LogP contribution in [0.4, 0.5) is 0 Å². The van der Waals surface area contributed by atoms with Gasteiger partial charge in [-0.3, -0.25) is 34.2 Å². The van der Waals surface area contributed by atoms with Crippen LogP contribution in [0.15, 0.2) is 110 Å². The van der Waals surface area contributed by atoms with Crippen LogP contribution < -0.4 is 4.74 Å². The fourth-order valence-electron chi connectivity index (χ4n) is 7.20. The van der Waals surface area contributed by atoms with Crippen LogP contribution in [0.5, 0.6) is 5.75 Å². The highest BCUT2D eigenvalue weighted by molar-refractivity contribution is 5.67. The summed E-state index contributed by atoms with van der Waals surface area (Å²) >= 11 is 0. The third-order valence-corrected chi connectivity index (χ3v) is 9.81. The lowest BCUT2D eigenvalue weighted by Gasteiger charge is -2.39. The molecule has 0 N–H and O–H groups in total. The van der Waals surface area contributed by atoms with Gasteiger partial charge in [-0.25, -0.2) is 0 Å². The molecule has 5 rings (SSSR count). The van der Waals surface area contributed by atoms with Gasteiger partial charge in [-0.2, -0.15) is 0 Å². The minimum absolute atomic E-state index is 0.0933. The van der Waals surface area contributed by atoms with E-state index in [1.54, 1.807) is 6.08 Å². The van der Waals surface area contributed by atoms with Crippen molar-refractivity contribution in [3.8, 4) is 5.75 Å². The van der Waals surface area contributed by atoms with Crippen molar-refractivity contribution >= 4 is 17.9 Å². The highest BCUT2D eigenvalue weighted by Gasteiger charge is 2.44. The van der Waals surface area contributed by atoms with E-state index in [2.05, 4.69) is 51.7 Å². The summed E-state index contributed by atoms with van der Waals surface area (Å²) in [5.74, 6) is -0.676. The molecular formula is C44H54N4O8. The van der Waals surface area contributed by atoms with Gasteiger partial charge < -0.3 is 23.7 Å². The van der Waals surface area contributed by atoms with Crippen molar-refractivity contribution < 1.29 is 38.1 Å². The molecule has 0 radical (unpaired) electrons. The van der Waals surface area contributed by atoms with E-state index in [-0.39, 0.29) is 19.1 Å². The lowest BCUT2D eigenvalue weighted by Crippen LogP contribution is -2.54. The Labute approximate surface area is 330 Å². The van der Waals surface area contributed by atoms with Crippen molar-refractivity contribution in [3.63, 3.8) is 0 Å². The molecule has 6 atom stereocenters. The molecule has 0 amide bonds. The van der Waals surface area contributed by atoms with Gasteiger partial charge in [0.2, 0.25) is 6.29 Å². The van der Waals surface area contributed by atoms with Crippen molar-refractivity contribution in [3.05, 3.63) is 127 Å². The highest BCUT2D eigenvalue weighted by atomic mass is 16.7. The SMILES string of the molecule is C=C/C=C\C=C\CN1CCC(Cc2ccccn2)CCN(C(c2ccc(OC3CC(OC(C)=O)C(OC(C)=O)C(COC(C)=O)O3)cc2)c2ccccn2)CC1. The van der Waals surface area contributed by atoms with Crippen LogP contribution in [0, 0.1) is 5.92 Å². The number of rotatable bonds is 15. The van der Waals surface area contributed by atoms with Crippen molar-refractivity contribution in [1.82, 2.24) is 19.8 Å². The molecule has 2 saturated heterocycles. The first kappa shape index (κ1) is 42.0. The van der Waals surface area contributed by atoms with Gasteiger partial charge in [0, 0.05) is 58.5 Å². The summed E-state index contributed by atoms with van der Waals surface area (Å²) in [7, 11) is 0. The molecule has 12 heteroatoms. The first-order valence-electron chi connectivity index (χ1n) is 19.3. The smallest absolute Gasteiger partial charge is 0.303 e. The number of hydrogen-bond donors (Lipinski definition) is 0. The molecule has 298 valence electrons. The average Bonchev–Trinajstić information content (AvgIpc) is 3.27. The second-order valence-electron chi connectivity index (χ2n) is 14.1. The van der Waals surface area contributed by atoms with E-state index in [0.29, 0.717) is 11.7 Å². The Morgan fingerprint density at radius 3 is 2.29 bits per heavy atom. The van der Waals surface area contributed by atoms with E-state index < -0.39 is 42.5 Å². The van der Waals surface area contributed by atoms with Crippen LogP contribution in [0.3, 0.4) is 0 Å². The van der Waals surface area contributed by atoms with Crippen LogP contribution in [0.25, 0.3) is 0 Å². The van der Waals surface area contributed by atoms with Gasteiger partial charge in [-0.15, -0.1) is 0 Å². The maximum Gasteiger partial charge on any atom is 0.303 e. The minimum Gasteiger partial charge on any atom is -0.465 e. The molecule has 3 aromatic rings. The number of benzene rings is 1. The van der Waals surface area contributed by atoms with Gasteiger partial charge >= 0.3 is 17.9 Å². The molecule has 2 aromatic heterocycles. The Kier molecular flexibility index (Phi) is 16.3. The number of ether oxygens (including phenoxy) is 5. The summed E-state index contributed by atoms with van der Waals surface area (Å²) in [4.78, 5) is 50.2. The van der Waals surface area contributed by atoms with Gasteiger partial charge in [0.1, 0.15) is 24.6 Å². The third kappa shape index (κ3) is 13.2. The molecule has 2 fully saturated rings. The van der Waals surface area contributed by atoms with Crippen molar-refractivity contribution in [2.75, 3.05) is 39.3 Å². The Bertz CT molecular complexity index is 1750. The standard InChI is InChI=1S/C44H54N4O8/c1-5-6-7-8-13-24-47-25-20-35(29-37-14-9-11-22-45-37)21-26-48(28-27-47)43(39-15-10-12-23-46-39)36-16-18-38(19-17-36)55-42-30-40(53-33(3)50)44(54-34(4)51)41(56-42)31-52-32(2)49/h5-19,22-23,35,40-44H,1,20-21,24-31H2,2-4H3/b7-6-,13-8+. The van der Waals surface area contributed by atoms with E-state index in [1.807, 2.05) is 67.0 Å². The maximum absolute atomic E-state index is 12.0. The van der Waals surface area contributed by atoms with Crippen LogP contribution >= 0.6 is 0 Å². The molecule has 4 heterocycles. The summed E-state index contributed by atoms with van der Waals surface area (Å²) < 4.78 is 28.7. The molecule has 0 aliphatic carbocycles. The van der Waals surface area contributed by atoms with Gasteiger partial charge in [0.15, 0.2) is 6.10 Å². The zero-order chi connectivity index (χ0) is 39.7. The zero-order valence-corrected chi connectivity index (χ0v) is 32.6. The second-order valence-corrected chi connectivity index (χ2v) is 14.1. The molecule has 1 aromatic carbocycles. The number of aromatic nitrogens is 2. The fraction of sp³-hybridized carbons (Fsp3) is 0.432. The first-order chi connectivity index (χ1) is 27.2. The molecule has 6 unspecified atom stereocenters. The largest absolute Gasteiger partial charge is 0.465 e. The predicted octanol–water partition coefficient (Wildman–Crippen LogP) is 6.04. The summed E-state index contributed by atoms with van der Waals surface area (Å²) in [5, 5.41) is 0. The van der Waals surface area contributed by atoms with Crippen LogP contribution in [0.1, 0.15) is 63.0 Å². The Morgan fingerprint density at radius 2 is 1.61 bits per heavy atom. The topological polar surface area (TPSA) is 130 Å². The molecule has 0 saturated carbocycles. The van der Waals surface area contributed by atoms with Crippen LogP contribution in [-0.2, 0) is 39.8 Å². The second kappa shape index (κ2) is 21.8. The van der Waals surface area contributed by atoms with E-state index in [9.17, 15) is 14.4 Å². The molecule has 12 nitrogen and oxygen atoms in total. The quantitative estimate of drug-likeness (QED) is 0.102. The molecule has 2 aliphatic heterocycles. The molecule has 0 spiro atoms. The van der Waals surface area contributed by atoms with E-state index >= 15 is 0 Å². The number of carbonyl (C=O) groups excluding carboxylic acids is 3. The molecule has 56 heavy (non-hydrogen) atoms. The average molecular weight is 767 g/mol. The van der Waals surface area contributed by atoms with Gasteiger partial charge in [-0.1, -0.05) is 61.2 Å². The summed E-state index contributed by atoms with van der Waals surface area (Å²) in [6, 6.07) is 19.9. The van der Waals surface area contributed by atoms with E-state index in [0.717, 1.165) is 68.9 Å². The predicted molar refractivity (Wildman–Crippen MR) is 211 cm³/mol. The van der Waals surface area contributed by atoms with Crippen molar-refractivity contribution in [1.29, 1.82) is 0 Å². The van der Waals surface area contributed by atoms with Crippen LogP contribution in [0.2, 0.25) is 0 Å². The number of nitrogens with zero attached hydrogens (tertiary/aromatic N) is 4. The number of carbonyl (C=O) groups is 3.